The highest BCUT2D eigenvalue weighted by Crippen LogP contribution is 2.39. The van der Waals surface area contributed by atoms with Crippen molar-refractivity contribution in [1.82, 2.24) is 14.8 Å². The molecule has 2 amide bonds. The third kappa shape index (κ3) is 5.02. The van der Waals surface area contributed by atoms with Crippen LogP contribution >= 0.6 is 34.4 Å². The lowest BCUT2D eigenvalue weighted by molar-refractivity contribution is -0.113. The first-order valence-electron chi connectivity index (χ1n) is 11.2. The Bertz CT molecular complexity index is 1180. The van der Waals surface area contributed by atoms with E-state index in [0.717, 1.165) is 41.1 Å². The van der Waals surface area contributed by atoms with Crippen molar-refractivity contribution >= 4 is 51.3 Å². The number of carbonyl (C=O) groups excluding carboxylic acids is 2. The van der Waals surface area contributed by atoms with Crippen LogP contribution in [0.25, 0.3) is 11.4 Å². The van der Waals surface area contributed by atoms with Gasteiger partial charge in [0.1, 0.15) is 5.00 Å². The molecule has 1 atom stereocenters. The second-order valence-corrected chi connectivity index (χ2v) is 11.7. The number of aromatic nitrogens is 3. The average Bonchev–Trinajstić information content (AvgIpc) is 3.47. The topological polar surface area (TPSA) is 103 Å². The Balaban J connectivity index is 1.47. The molecule has 3 aromatic rings. The number of amides is 2. The van der Waals surface area contributed by atoms with E-state index in [-0.39, 0.29) is 11.7 Å². The Morgan fingerprint density at radius 3 is 2.82 bits per heavy atom. The molecule has 10 heteroatoms. The van der Waals surface area contributed by atoms with E-state index >= 15 is 0 Å². The number of nitrogens with zero attached hydrogens (tertiary/aromatic N) is 3. The van der Waals surface area contributed by atoms with Crippen LogP contribution in [0.4, 0.5) is 5.00 Å². The van der Waals surface area contributed by atoms with Gasteiger partial charge in [-0.3, -0.25) is 9.59 Å². The molecule has 0 spiro atoms. The van der Waals surface area contributed by atoms with Gasteiger partial charge in [0, 0.05) is 27.2 Å². The second-order valence-electron chi connectivity index (χ2n) is 8.70. The number of fused-ring (bicyclic) bond motifs is 1. The number of hydrogen-bond donors (Lipinski definition) is 2. The average molecular weight is 504 g/mol. The third-order valence-corrected chi connectivity index (χ3v) is 9.19. The summed E-state index contributed by atoms with van der Waals surface area (Å²) in [6.45, 7) is 9.31. The number of hydrogen-bond acceptors (Lipinski definition) is 7. The standard InChI is InChI=1S/C23H29N5O2S3/c1-5-28-21(14-9-16(12(2)3)31-10-14)26-27-23(28)32-11-18(29)25-22-19(20(24)30)15-7-6-13(4)8-17(15)33-22/h9-10,12-13H,5-8,11H2,1-4H3,(H2,24,30)(H,25,29). The highest BCUT2D eigenvalue weighted by molar-refractivity contribution is 7.99. The van der Waals surface area contributed by atoms with Crippen molar-refractivity contribution in [3.8, 4) is 11.4 Å². The summed E-state index contributed by atoms with van der Waals surface area (Å²) in [4.78, 5) is 27.3. The van der Waals surface area contributed by atoms with Crippen molar-refractivity contribution in [2.24, 2.45) is 11.7 Å². The zero-order valence-electron chi connectivity index (χ0n) is 19.3. The first kappa shape index (κ1) is 24.0. The molecule has 1 aliphatic rings. The maximum absolute atomic E-state index is 12.8. The highest BCUT2D eigenvalue weighted by atomic mass is 32.2. The van der Waals surface area contributed by atoms with Crippen LogP contribution in [0, 0.1) is 5.92 Å². The second kappa shape index (κ2) is 9.99. The van der Waals surface area contributed by atoms with Gasteiger partial charge in [-0.05, 0) is 49.7 Å². The van der Waals surface area contributed by atoms with Crippen LogP contribution in [0.2, 0.25) is 0 Å². The van der Waals surface area contributed by atoms with Gasteiger partial charge in [0.15, 0.2) is 11.0 Å². The fourth-order valence-electron chi connectivity index (χ4n) is 4.06. The number of nitrogens with two attached hydrogens (primary N) is 1. The highest BCUT2D eigenvalue weighted by Gasteiger charge is 2.27. The molecule has 7 nitrogen and oxygen atoms in total. The number of rotatable bonds is 8. The maximum Gasteiger partial charge on any atom is 0.251 e. The molecule has 0 aliphatic heterocycles. The lowest BCUT2D eigenvalue weighted by Gasteiger charge is -2.18. The molecule has 0 fully saturated rings. The third-order valence-electron chi connectivity index (χ3n) is 5.82. The summed E-state index contributed by atoms with van der Waals surface area (Å²) < 4.78 is 2.03. The van der Waals surface area contributed by atoms with Crippen LogP contribution in [-0.2, 0) is 24.2 Å². The van der Waals surface area contributed by atoms with Gasteiger partial charge in [-0.1, -0.05) is 32.5 Å². The van der Waals surface area contributed by atoms with Gasteiger partial charge in [0.25, 0.3) is 5.91 Å². The molecule has 0 saturated carbocycles. The Kier molecular flexibility index (Phi) is 7.25. The van der Waals surface area contributed by atoms with E-state index in [0.29, 0.717) is 34.1 Å². The van der Waals surface area contributed by atoms with E-state index in [9.17, 15) is 9.59 Å². The van der Waals surface area contributed by atoms with E-state index in [1.165, 1.54) is 28.0 Å². The van der Waals surface area contributed by atoms with Gasteiger partial charge < -0.3 is 15.6 Å². The summed E-state index contributed by atoms with van der Waals surface area (Å²) in [5.74, 6) is 1.38. The van der Waals surface area contributed by atoms with Crippen molar-refractivity contribution in [2.45, 2.75) is 64.6 Å². The summed E-state index contributed by atoms with van der Waals surface area (Å²) in [6, 6.07) is 2.16. The molecule has 33 heavy (non-hydrogen) atoms. The minimum atomic E-state index is -0.475. The van der Waals surface area contributed by atoms with Crippen molar-refractivity contribution in [3.05, 3.63) is 32.3 Å². The number of nitrogens with one attached hydrogen (secondary N) is 1. The molecule has 0 bridgehead atoms. The monoisotopic (exact) mass is 503 g/mol. The van der Waals surface area contributed by atoms with Crippen LogP contribution in [0.5, 0.6) is 0 Å². The number of anilines is 1. The Morgan fingerprint density at radius 2 is 2.15 bits per heavy atom. The zero-order valence-corrected chi connectivity index (χ0v) is 21.8. The normalized spacial score (nSPS) is 15.6. The van der Waals surface area contributed by atoms with Crippen molar-refractivity contribution in [2.75, 3.05) is 11.1 Å². The SMILES string of the molecule is CCn1c(SCC(=O)Nc2sc3c(c2C(N)=O)CCC(C)C3)nnc1-c1csc(C(C)C)c1. The molecular formula is C23H29N5O2S3. The summed E-state index contributed by atoms with van der Waals surface area (Å²) in [5, 5.41) is 15.0. The van der Waals surface area contributed by atoms with Crippen molar-refractivity contribution in [1.29, 1.82) is 0 Å². The van der Waals surface area contributed by atoms with Crippen LogP contribution in [0.1, 0.15) is 65.7 Å². The number of carbonyl (C=O) groups is 2. The van der Waals surface area contributed by atoms with E-state index in [2.05, 4.69) is 47.7 Å². The van der Waals surface area contributed by atoms with E-state index in [1.807, 2.05) is 11.5 Å². The van der Waals surface area contributed by atoms with Crippen LogP contribution in [0.3, 0.4) is 0 Å². The molecule has 0 radical (unpaired) electrons. The minimum Gasteiger partial charge on any atom is -0.365 e. The van der Waals surface area contributed by atoms with Crippen LogP contribution in [-0.4, -0.2) is 32.3 Å². The first-order valence-corrected chi connectivity index (χ1v) is 13.9. The zero-order chi connectivity index (χ0) is 23.7. The fourth-order valence-corrected chi connectivity index (χ4v) is 7.20. The van der Waals surface area contributed by atoms with Crippen LogP contribution < -0.4 is 11.1 Å². The van der Waals surface area contributed by atoms with Gasteiger partial charge in [-0.25, -0.2) is 0 Å². The number of thioether (sulfide) groups is 1. The molecule has 3 heterocycles. The van der Waals surface area contributed by atoms with E-state index < -0.39 is 5.91 Å². The van der Waals surface area contributed by atoms with Gasteiger partial charge in [-0.15, -0.1) is 32.9 Å². The summed E-state index contributed by atoms with van der Waals surface area (Å²) in [7, 11) is 0. The molecule has 0 aromatic carbocycles. The largest absolute Gasteiger partial charge is 0.365 e. The quantitative estimate of drug-likeness (QED) is 0.413. The molecule has 4 rings (SSSR count). The van der Waals surface area contributed by atoms with E-state index in [1.54, 1.807) is 11.3 Å². The molecular weight excluding hydrogens is 474 g/mol. The Hall–Kier alpha value is -2.17. The molecule has 1 unspecified atom stereocenters. The van der Waals surface area contributed by atoms with Crippen molar-refractivity contribution < 1.29 is 9.59 Å². The maximum atomic E-state index is 12.8. The predicted molar refractivity (Wildman–Crippen MR) is 136 cm³/mol. The van der Waals surface area contributed by atoms with Gasteiger partial charge in [0.2, 0.25) is 5.91 Å². The fraction of sp³-hybridized carbons (Fsp3) is 0.478. The molecule has 176 valence electrons. The smallest absolute Gasteiger partial charge is 0.251 e. The Labute approximate surface area is 206 Å². The van der Waals surface area contributed by atoms with Crippen molar-refractivity contribution in [3.63, 3.8) is 0 Å². The van der Waals surface area contributed by atoms with Gasteiger partial charge in [-0.2, -0.15) is 0 Å². The molecule has 0 saturated heterocycles. The number of primary amides is 1. The lowest BCUT2D eigenvalue weighted by atomic mass is 9.88. The molecule has 3 aromatic heterocycles. The molecule has 3 N–H and O–H groups in total. The molecule has 1 aliphatic carbocycles. The predicted octanol–water partition coefficient (Wildman–Crippen LogP) is 5.17. The van der Waals surface area contributed by atoms with Gasteiger partial charge in [0.05, 0.1) is 11.3 Å². The first-order chi connectivity index (χ1) is 15.8. The summed E-state index contributed by atoms with van der Waals surface area (Å²) >= 11 is 4.56. The summed E-state index contributed by atoms with van der Waals surface area (Å²) in [5.41, 5.74) is 8.22. The number of thiophene rings is 2. The van der Waals surface area contributed by atoms with E-state index in [4.69, 9.17) is 5.73 Å². The Morgan fingerprint density at radius 1 is 1.36 bits per heavy atom. The summed E-state index contributed by atoms with van der Waals surface area (Å²) in [6.07, 6.45) is 2.79. The minimum absolute atomic E-state index is 0.177. The van der Waals surface area contributed by atoms with Gasteiger partial charge >= 0.3 is 0 Å². The lowest BCUT2D eigenvalue weighted by Crippen LogP contribution is -2.20. The van der Waals surface area contributed by atoms with Crippen LogP contribution in [0.15, 0.2) is 16.6 Å².